The lowest BCUT2D eigenvalue weighted by Gasteiger charge is -2.20. The Morgan fingerprint density at radius 2 is 2.65 bits per heavy atom. The normalized spacial score (nSPS) is 21.6. The van der Waals surface area contributed by atoms with Gasteiger partial charge in [-0.3, -0.25) is 9.23 Å². The summed E-state index contributed by atoms with van der Waals surface area (Å²) in [6, 6.07) is 0. The monoisotopic (exact) mass is 260 g/mol. The number of aromatic nitrogens is 2. The molecule has 1 aliphatic heterocycles. The van der Waals surface area contributed by atoms with Crippen LogP contribution in [0.25, 0.3) is 0 Å². The van der Waals surface area contributed by atoms with Gasteiger partial charge in [0, 0.05) is 20.2 Å². The van der Waals surface area contributed by atoms with E-state index in [1.807, 2.05) is 0 Å². The van der Waals surface area contributed by atoms with Gasteiger partial charge in [0.15, 0.2) is 0 Å². The van der Waals surface area contributed by atoms with Gasteiger partial charge < -0.3 is 4.74 Å². The Morgan fingerprint density at radius 1 is 1.82 bits per heavy atom. The van der Waals surface area contributed by atoms with Gasteiger partial charge >= 0.3 is 0 Å². The molecule has 0 amide bonds. The summed E-state index contributed by atoms with van der Waals surface area (Å²) in [6.07, 6.45) is 5.32. The quantitative estimate of drug-likeness (QED) is 0.577. The molecule has 0 saturated carbocycles. The van der Waals surface area contributed by atoms with Gasteiger partial charge in [-0.25, -0.2) is 9.63 Å². The maximum Gasteiger partial charge on any atom is 0.276 e. The molecule has 17 heavy (non-hydrogen) atoms. The highest BCUT2D eigenvalue weighted by Crippen LogP contribution is 2.14. The summed E-state index contributed by atoms with van der Waals surface area (Å²) >= 11 is -2.13. The Bertz CT molecular complexity index is 391. The molecule has 1 aromatic heterocycles. The highest BCUT2D eigenvalue weighted by atomic mass is 32.2. The number of ether oxygens (including phenoxy) is 1. The van der Waals surface area contributed by atoms with E-state index in [1.165, 1.54) is 10.6 Å². The lowest BCUT2D eigenvalue weighted by Crippen LogP contribution is -2.43. The van der Waals surface area contributed by atoms with E-state index in [4.69, 9.17) is 4.74 Å². The number of nitrogens with zero attached hydrogens (tertiary/aromatic N) is 3. The summed E-state index contributed by atoms with van der Waals surface area (Å²) in [6.45, 7) is 1.28. The van der Waals surface area contributed by atoms with E-state index >= 15 is 0 Å². The van der Waals surface area contributed by atoms with E-state index in [1.54, 1.807) is 17.9 Å². The van der Waals surface area contributed by atoms with Crippen LogP contribution in [0.15, 0.2) is 12.4 Å². The number of aryl methyl sites for hydroxylation is 1. The van der Waals surface area contributed by atoms with Crippen molar-refractivity contribution in [3.05, 3.63) is 12.4 Å². The summed E-state index contributed by atoms with van der Waals surface area (Å²) in [7, 11) is 1.75. The Labute approximate surface area is 102 Å². The summed E-state index contributed by atoms with van der Waals surface area (Å²) in [5.74, 6) is 0. The SMILES string of the molecule is Cn1cc(N(NC[C@@H]2CCCO2)S(=O)O)cn1. The van der Waals surface area contributed by atoms with E-state index in [-0.39, 0.29) is 6.10 Å². The fourth-order valence-corrected chi connectivity index (χ4v) is 2.20. The average Bonchev–Trinajstić information content (AvgIpc) is 2.90. The molecule has 1 fully saturated rings. The van der Waals surface area contributed by atoms with E-state index in [2.05, 4.69) is 10.5 Å². The smallest absolute Gasteiger partial charge is 0.276 e. The zero-order chi connectivity index (χ0) is 12.3. The van der Waals surface area contributed by atoms with Crippen molar-refractivity contribution < 1.29 is 13.5 Å². The third kappa shape index (κ3) is 3.25. The predicted molar refractivity (Wildman–Crippen MR) is 63.4 cm³/mol. The molecular formula is C9H16N4O3S. The van der Waals surface area contributed by atoms with Crippen LogP contribution in [0.1, 0.15) is 12.8 Å². The van der Waals surface area contributed by atoms with Crippen LogP contribution in [-0.4, -0.2) is 37.8 Å². The molecule has 0 bridgehead atoms. The first-order valence-corrected chi connectivity index (χ1v) is 6.48. The minimum absolute atomic E-state index is 0.109. The summed E-state index contributed by atoms with van der Waals surface area (Å²) in [5.41, 5.74) is 3.44. The van der Waals surface area contributed by atoms with Gasteiger partial charge in [0.25, 0.3) is 11.3 Å². The van der Waals surface area contributed by atoms with Crippen LogP contribution in [0.2, 0.25) is 0 Å². The van der Waals surface area contributed by atoms with E-state index in [9.17, 15) is 8.76 Å². The Hall–Kier alpha value is -0.960. The lowest BCUT2D eigenvalue weighted by molar-refractivity contribution is 0.110. The minimum atomic E-state index is -2.13. The molecular weight excluding hydrogens is 244 g/mol. The van der Waals surface area contributed by atoms with Gasteiger partial charge in [-0.1, -0.05) is 0 Å². The molecule has 2 N–H and O–H groups in total. The largest absolute Gasteiger partial charge is 0.377 e. The molecule has 0 aliphatic carbocycles. The highest BCUT2D eigenvalue weighted by molar-refractivity contribution is 7.80. The Balaban J connectivity index is 1.95. The number of hydrogen-bond acceptors (Lipinski definition) is 4. The maximum absolute atomic E-state index is 11.2. The Morgan fingerprint density at radius 3 is 3.18 bits per heavy atom. The number of hydrazine groups is 1. The van der Waals surface area contributed by atoms with Crippen LogP contribution >= 0.6 is 0 Å². The molecule has 2 heterocycles. The van der Waals surface area contributed by atoms with Crippen molar-refractivity contribution in [3.63, 3.8) is 0 Å². The molecule has 1 saturated heterocycles. The van der Waals surface area contributed by atoms with Crippen molar-refractivity contribution in [2.24, 2.45) is 7.05 Å². The Kier molecular flexibility index (Phi) is 4.11. The second-order valence-electron chi connectivity index (χ2n) is 3.89. The summed E-state index contributed by atoms with van der Waals surface area (Å²) in [4.78, 5) is 0. The zero-order valence-electron chi connectivity index (χ0n) is 9.57. The van der Waals surface area contributed by atoms with Gasteiger partial charge in [-0.15, -0.1) is 0 Å². The second kappa shape index (κ2) is 5.58. The first-order chi connectivity index (χ1) is 8.16. The van der Waals surface area contributed by atoms with Gasteiger partial charge in [-0.05, 0) is 12.8 Å². The van der Waals surface area contributed by atoms with Crippen LogP contribution in [0.3, 0.4) is 0 Å². The van der Waals surface area contributed by atoms with Crippen LogP contribution in [-0.2, 0) is 23.1 Å². The summed E-state index contributed by atoms with van der Waals surface area (Å²) < 4.78 is 28.6. The first kappa shape index (κ1) is 12.5. The number of rotatable bonds is 5. The molecule has 2 rings (SSSR count). The topological polar surface area (TPSA) is 79.6 Å². The number of anilines is 1. The van der Waals surface area contributed by atoms with Gasteiger partial charge in [0.2, 0.25) is 0 Å². The third-order valence-electron chi connectivity index (χ3n) is 2.57. The highest BCUT2D eigenvalue weighted by Gasteiger charge is 2.19. The standard InChI is InChI=1S/C9H16N4O3S/c1-12-7-8(5-10-12)13(17(14)15)11-6-9-3-2-4-16-9/h5,7,9,11H,2-4,6H2,1H3,(H,14,15)/t9-/m0/s1. The van der Waals surface area contributed by atoms with Crippen LogP contribution in [0.4, 0.5) is 5.69 Å². The van der Waals surface area contributed by atoms with Crippen LogP contribution < -0.4 is 9.84 Å². The molecule has 96 valence electrons. The van der Waals surface area contributed by atoms with Crippen molar-refractivity contribution in [2.45, 2.75) is 18.9 Å². The first-order valence-electron chi connectivity index (χ1n) is 5.41. The van der Waals surface area contributed by atoms with Crippen LogP contribution in [0.5, 0.6) is 0 Å². The maximum atomic E-state index is 11.2. The van der Waals surface area contributed by atoms with Crippen molar-refractivity contribution in [3.8, 4) is 0 Å². The number of hydrogen-bond donors (Lipinski definition) is 2. The number of nitrogens with one attached hydrogen (secondary N) is 1. The molecule has 1 aromatic rings. The summed E-state index contributed by atoms with van der Waals surface area (Å²) in [5, 5.41) is 3.96. The molecule has 2 atom stereocenters. The molecule has 1 unspecified atom stereocenters. The molecule has 0 spiro atoms. The minimum Gasteiger partial charge on any atom is -0.377 e. The van der Waals surface area contributed by atoms with Crippen molar-refractivity contribution in [1.82, 2.24) is 15.2 Å². The van der Waals surface area contributed by atoms with Crippen molar-refractivity contribution in [2.75, 3.05) is 17.6 Å². The molecule has 1 aliphatic rings. The van der Waals surface area contributed by atoms with Gasteiger partial charge in [0.05, 0.1) is 18.5 Å². The van der Waals surface area contributed by atoms with Crippen molar-refractivity contribution >= 4 is 17.0 Å². The van der Waals surface area contributed by atoms with Gasteiger partial charge in [0.1, 0.15) is 5.69 Å². The van der Waals surface area contributed by atoms with Crippen LogP contribution in [0, 0.1) is 0 Å². The third-order valence-corrected chi connectivity index (χ3v) is 3.22. The fourth-order valence-electron chi connectivity index (χ4n) is 1.74. The van der Waals surface area contributed by atoms with E-state index < -0.39 is 11.3 Å². The average molecular weight is 260 g/mol. The molecule has 8 heteroatoms. The molecule has 7 nitrogen and oxygen atoms in total. The van der Waals surface area contributed by atoms with E-state index in [0.29, 0.717) is 12.2 Å². The van der Waals surface area contributed by atoms with Crippen molar-refractivity contribution in [1.29, 1.82) is 0 Å². The molecule has 0 radical (unpaired) electrons. The van der Waals surface area contributed by atoms with Gasteiger partial charge in [-0.2, -0.15) is 9.51 Å². The zero-order valence-corrected chi connectivity index (χ0v) is 10.4. The molecule has 0 aromatic carbocycles. The predicted octanol–water partition coefficient (Wildman–Crippen LogP) is 0.0468. The van der Waals surface area contributed by atoms with E-state index in [0.717, 1.165) is 19.4 Å². The lowest BCUT2D eigenvalue weighted by atomic mass is 10.2. The fraction of sp³-hybridized carbons (Fsp3) is 0.667. The second-order valence-corrected chi connectivity index (χ2v) is 4.72.